The number of para-hydroxylation sites is 1. The SMILES string of the molecule is Cc1ccc(N[C@@H](c2cccc([N+](=O)[O-])c2)n2nnc3ccccc32)cc1. The predicted octanol–water partition coefficient (Wildman–Crippen LogP) is 4.31. The third-order valence-corrected chi connectivity index (χ3v) is 4.37. The standard InChI is InChI=1S/C20H17N5O2/c1-14-9-11-16(12-10-14)21-20(15-5-4-6-17(13-15)25(26)27)24-19-8-3-2-7-18(19)22-23-24/h2-13,20-21H,1H3/t20-/m1/s1. The van der Waals surface area contributed by atoms with Crippen molar-refractivity contribution in [3.8, 4) is 0 Å². The molecule has 4 rings (SSSR count). The fourth-order valence-corrected chi connectivity index (χ4v) is 2.98. The number of hydrogen-bond donors (Lipinski definition) is 1. The number of fused-ring (bicyclic) bond motifs is 1. The Hall–Kier alpha value is -3.74. The minimum absolute atomic E-state index is 0.0348. The number of nitro benzene ring substituents is 1. The number of nitro groups is 1. The smallest absolute Gasteiger partial charge is 0.269 e. The summed E-state index contributed by atoms with van der Waals surface area (Å²) in [6.45, 7) is 2.02. The summed E-state index contributed by atoms with van der Waals surface area (Å²) in [6.07, 6.45) is -0.444. The molecule has 0 bridgehead atoms. The van der Waals surface area contributed by atoms with E-state index in [1.807, 2.05) is 61.5 Å². The van der Waals surface area contributed by atoms with Crippen molar-refractivity contribution >= 4 is 22.4 Å². The first-order valence-corrected chi connectivity index (χ1v) is 8.49. The van der Waals surface area contributed by atoms with E-state index in [4.69, 9.17) is 0 Å². The van der Waals surface area contributed by atoms with Gasteiger partial charge in [0.25, 0.3) is 5.69 Å². The molecule has 0 aliphatic heterocycles. The molecule has 1 heterocycles. The van der Waals surface area contributed by atoms with E-state index in [0.717, 1.165) is 27.8 Å². The number of aromatic nitrogens is 3. The van der Waals surface area contributed by atoms with Crippen molar-refractivity contribution < 1.29 is 4.92 Å². The van der Waals surface area contributed by atoms with Crippen LogP contribution in [0, 0.1) is 17.0 Å². The van der Waals surface area contributed by atoms with E-state index in [-0.39, 0.29) is 5.69 Å². The van der Waals surface area contributed by atoms with Crippen LogP contribution in [0.25, 0.3) is 11.0 Å². The Bertz CT molecular complexity index is 1100. The van der Waals surface area contributed by atoms with Crippen LogP contribution in [0.1, 0.15) is 17.3 Å². The summed E-state index contributed by atoms with van der Waals surface area (Å²) < 4.78 is 1.74. The Balaban J connectivity index is 1.83. The highest BCUT2D eigenvalue weighted by atomic mass is 16.6. The first-order chi connectivity index (χ1) is 13.1. The Labute approximate surface area is 155 Å². The maximum absolute atomic E-state index is 11.2. The Morgan fingerprint density at radius 2 is 1.81 bits per heavy atom. The van der Waals surface area contributed by atoms with Crippen LogP contribution in [-0.2, 0) is 0 Å². The van der Waals surface area contributed by atoms with Gasteiger partial charge in [-0.3, -0.25) is 10.1 Å². The quantitative estimate of drug-likeness (QED) is 0.424. The molecule has 0 aliphatic rings. The lowest BCUT2D eigenvalue weighted by Gasteiger charge is -2.21. The summed E-state index contributed by atoms with van der Waals surface area (Å²) in [4.78, 5) is 10.8. The molecule has 1 atom stereocenters. The van der Waals surface area contributed by atoms with Crippen LogP contribution in [0.2, 0.25) is 0 Å². The molecule has 1 aromatic heterocycles. The summed E-state index contributed by atoms with van der Waals surface area (Å²) >= 11 is 0. The van der Waals surface area contributed by atoms with Crippen LogP contribution in [0.4, 0.5) is 11.4 Å². The molecule has 0 saturated heterocycles. The molecule has 134 valence electrons. The van der Waals surface area contributed by atoms with Gasteiger partial charge in [0.2, 0.25) is 0 Å². The van der Waals surface area contributed by atoms with E-state index in [0.29, 0.717) is 0 Å². The van der Waals surface area contributed by atoms with Crippen molar-refractivity contribution in [2.24, 2.45) is 0 Å². The summed E-state index contributed by atoms with van der Waals surface area (Å²) in [7, 11) is 0. The molecule has 1 N–H and O–H groups in total. The largest absolute Gasteiger partial charge is 0.360 e. The van der Waals surface area contributed by atoms with Gasteiger partial charge in [-0.1, -0.05) is 47.2 Å². The van der Waals surface area contributed by atoms with Gasteiger partial charge >= 0.3 is 0 Å². The zero-order valence-electron chi connectivity index (χ0n) is 14.6. The molecule has 0 spiro atoms. The fraction of sp³-hybridized carbons (Fsp3) is 0.100. The summed E-state index contributed by atoms with van der Waals surface area (Å²) in [5.74, 6) is 0. The fourth-order valence-electron chi connectivity index (χ4n) is 2.98. The number of nitrogens with one attached hydrogen (secondary N) is 1. The molecule has 0 saturated carbocycles. The minimum atomic E-state index is -0.444. The van der Waals surface area contributed by atoms with Gasteiger partial charge in [0, 0.05) is 23.4 Å². The van der Waals surface area contributed by atoms with Crippen molar-refractivity contribution in [3.05, 3.63) is 94.0 Å². The third-order valence-electron chi connectivity index (χ3n) is 4.37. The van der Waals surface area contributed by atoms with E-state index >= 15 is 0 Å². The predicted molar refractivity (Wildman–Crippen MR) is 104 cm³/mol. The van der Waals surface area contributed by atoms with Gasteiger partial charge in [-0.05, 0) is 31.2 Å². The highest BCUT2D eigenvalue weighted by Gasteiger charge is 2.20. The molecule has 0 amide bonds. The van der Waals surface area contributed by atoms with Crippen molar-refractivity contribution in [2.75, 3.05) is 5.32 Å². The normalized spacial score (nSPS) is 12.0. The van der Waals surface area contributed by atoms with Crippen molar-refractivity contribution in [1.29, 1.82) is 0 Å². The van der Waals surface area contributed by atoms with E-state index in [1.165, 1.54) is 6.07 Å². The van der Waals surface area contributed by atoms with Gasteiger partial charge in [0.1, 0.15) is 11.7 Å². The average molecular weight is 359 g/mol. The topological polar surface area (TPSA) is 85.9 Å². The molecular formula is C20H17N5O2. The van der Waals surface area contributed by atoms with Crippen molar-refractivity contribution in [2.45, 2.75) is 13.1 Å². The first-order valence-electron chi connectivity index (χ1n) is 8.49. The monoisotopic (exact) mass is 359 g/mol. The zero-order chi connectivity index (χ0) is 18.8. The second-order valence-corrected chi connectivity index (χ2v) is 6.29. The second kappa shape index (κ2) is 6.87. The van der Waals surface area contributed by atoms with Gasteiger partial charge in [-0.15, -0.1) is 5.10 Å². The maximum Gasteiger partial charge on any atom is 0.269 e. The summed E-state index contributed by atoms with van der Waals surface area (Å²) in [6, 6.07) is 22.1. The van der Waals surface area contributed by atoms with Crippen LogP contribution < -0.4 is 5.32 Å². The number of anilines is 1. The van der Waals surface area contributed by atoms with Crippen molar-refractivity contribution in [3.63, 3.8) is 0 Å². The lowest BCUT2D eigenvalue weighted by Crippen LogP contribution is -2.21. The summed E-state index contributed by atoms with van der Waals surface area (Å²) in [5, 5.41) is 23.2. The average Bonchev–Trinajstić information content (AvgIpc) is 3.11. The van der Waals surface area contributed by atoms with Gasteiger partial charge < -0.3 is 5.32 Å². The van der Waals surface area contributed by atoms with Crippen LogP contribution in [0.5, 0.6) is 0 Å². The van der Waals surface area contributed by atoms with Crippen LogP contribution in [-0.4, -0.2) is 19.9 Å². The first kappa shape index (κ1) is 16.7. The van der Waals surface area contributed by atoms with Crippen LogP contribution in [0.15, 0.2) is 72.8 Å². The Morgan fingerprint density at radius 3 is 2.59 bits per heavy atom. The molecule has 0 aliphatic carbocycles. The van der Waals surface area contributed by atoms with Crippen LogP contribution >= 0.6 is 0 Å². The molecule has 4 aromatic rings. The molecule has 7 heteroatoms. The Morgan fingerprint density at radius 1 is 1.04 bits per heavy atom. The molecule has 3 aromatic carbocycles. The van der Waals surface area contributed by atoms with Gasteiger partial charge in [0.05, 0.1) is 10.4 Å². The number of rotatable bonds is 5. The third kappa shape index (κ3) is 3.35. The molecule has 0 fully saturated rings. The number of non-ortho nitro benzene ring substituents is 1. The number of benzene rings is 3. The number of hydrogen-bond acceptors (Lipinski definition) is 5. The number of nitrogens with zero attached hydrogens (tertiary/aromatic N) is 4. The zero-order valence-corrected chi connectivity index (χ0v) is 14.6. The van der Waals surface area contributed by atoms with Gasteiger partial charge in [-0.2, -0.15) is 0 Å². The van der Waals surface area contributed by atoms with E-state index in [1.54, 1.807) is 16.8 Å². The lowest BCUT2D eigenvalue weighted by molar-refractivity contribution is -0.384. The van der Waals surface area contributed by atoms with Crippen molar-refractivity contribution in [1.82, 2.24) is 15.0 Å². The molecule has 27 heavy (non-hydrogen) atoms. The molecule has 0 unspecified atom stereocenters. The highest BCUT2D eigenvalue weighted by molar-refractivity contribution is 5.74. The van der Waals surface area contributed by atoms with Gasteiger partial charge in [0.15, 0.2) is 0 Å². The van der Waals surface area contributed by atoms with Crippen LogP contribution in [0.3, 0.4) is 0 Å². The molecule has 0 radical (unpaired) electrons. The number of aryl methyl sites for hydroxylation is 1. The summed E-state index contributed by atoms with van der Waals surface area (Å²) in [5.41, 5.74) is 4.40. The highest BCUT2D eigenvalue weighted by Crippen LogP contribution is 2.27. The minimum Gasteiger partial charge on any atom is -0.360 e. The van der Waals surface area contributed by atoms with E-state index < -0.39 is 11.1 Å². The lowest BCUT2D eigenvalue weighted by atomic mass is 10.1. The van der Waals surface area contributed by atoms with E-state index in [9.17, 15) is 10.1 Å². The maximum atomic E-state index is 11.2. The van der Waals surface area contributed by atoms with E-state index in [2.05, 4.69) is 15.6 Å². The Kier molecular flexibility index (Phi) is 4.25. The second-order valence-electron chi connectivity index (χ2n) is 6.29. The molecule has 7 nitrogen and oxygen atoms in total. The van der Waals surface area contributed by atoms with Gasteiger partial charge in [-0.25, -0.2) is 4.68 Å². The molecular weight excluding hydrogens is 342 g/mol.